The van der Waals surface area contributed by atoms with Crippen LogP contribution in [0.3, 0.4) is 0 Å². The summed E-state index contributed by atoms with van der Waals surface area (Å²) >= 11 is 0. The van der Waals surface area contributed by atoms with Crippen molar-refractivity contribution in [2.75, 3.05) is 18.1 Å². The Morgan fingerprint density at radius 2 is 2.33 bits per heavy atom. The lowest BCUT2D eigenvalue weighted by molar-refractivity contribution is 0.279. The Hall–Kier alpha value is -1.55. The molecule has 3 rings (SSSR count). The first kappa shape index (κ1) is 11.5. The molecule has 1 N–H and O–H groups in total. The minimum Gasteiger partial charge on any atom is -0.396 e. The van der Waals surface area contributed by atoms with E-state index in [0.29, 0.717) is 12.6 Å². The minimum atomic E-state index is 0.291. The zero-order chi connectivity index (χ0) is 12.4. The Morgan fingerprint density at radius 3 is 3.22 bits per heavy atom. The maximum Gasteiger partial charge on any atom is 0.138 e. The average Bonchev–Trinajstić information content (AvgIpc) is 3.04. The van der Waals surface area contributed by atoms with Crippen LogP contribution >= 0.6 is 0 Å². The molecule has 2 aromatic heterocycles. The van der Waals surface area contributed by atoms with Gasteiger partial charge >= 0.3 is 0 Å². The molecule has 4 nitrogen and oxygen atoms in total. The van der Waals surface area contributed by atoms with Gasteiger partial charge in [0.2, 0.25) is 0 Å². The molecule has 96 valence electrons. The van der Waals surface area contributed by atoms with Crippen molar-refractivity contribution in [3.05, 3.63) is 30.6 Å². The molecule has 3 heterocycles. The molecule has 0 radical (unpaired) electrons. The summed E-state index contributed by atoms with van der Waals surface area (Å²) in [5.41, 5.74) is 1.00. The highest BCUT2D eigenvalue weighted by Gasteiger charge is 2.25. The fraction of sp³-hybridized carbons (Fsp3) is 0.500. The molecule has 1 atom stereocenters. The maximum atomic E-state index is 8.99. The number of hydrogen-bond acceptors (Lipinski definition) is 3. The number of pyridine rings is 1. The van der Waals surface area contributed by atoms with E-state index in [4.69, 9.17) is 5.11 Å². The summed E-state index contributed by atoms with van der Waals surface area (Å²) in [6, 6.07) is 6.82. The number of aliphatic hydroxyl groups is 1. The number of hydrogen-bond donors (Lipinski definition) is 1. The SMILES string of the molecule is OCCCC1CCCN1c1cccc2nccn12. The first-order valence-electron chi connectivity index (χ1n) is 6.70. The zero-order valence-corrected chi connectivity index (χ0v) is 10.5. The standard InChI is InChI=1S/C14H19N3O/c18-11-3-5-12-4-2-9-16(12)14-7-1-6-13-15-8-10-17(13)14/h1,6-8,10,12,18H,2-5,9,11H2. The lowest BCUT2D eigenvalue weighted by atomic mass is 10.1. The second kappa shape index (κ2) is 4.98. The highest BCUT2D eigenvalue weighted by molar-refractivity contribution is 5.52. The molecule has 0 amide bonds. The lowest BCUT2D eigenvalue weighted by Gasteiger charge is -2.27. The van der Waals surface area contributed by atoms with Crippen molar-refractivity contribution >= 4 is 11.5 Å². The first-order chi connectivity index (χ1) is 8.90. The Labute approximate surface area is 107 Å². The van der Waals surface area contributed by atoms with E-state index in [1.54, 1.807) is 0 Å². The summed E-state index contributed by atoms with van der Waals surface area (Å²) in [5.74, 6) is 1.23. The third kappa shape index (κ3) is 1.97. The summed E-state index contributed by atoms with van der Waals surface area (Å²) in [6.07, 6.45) is 8.29. The summed E-state index contributed by atoms with van der Waals surface area (Å²) < 4.78 is 2.15. The van der Waals surface area contributed by atoms with Gasteiger partial charge in [-0.25, -0.2) is 4.98 Å². The number of aromatic nitrogens is 2. The van der Waals surface area contributed by atoms with Crippen LogP contribution < -0.4 is 4.90 Å². The van der Waals surface area contributed by atoms with E-state index in [-0.39, 0.29) is 0 Å². The second-order valence-corrected chi connectivity index (χ2v) is 4.89. The van der Waals surface area contributed by atoms with E-state index in [1.807, 2.05) is 18.5 Å². The van der Waals surface area contributed by atoms with E-state index < -0.39 is 0 Å². The van der Waals surface area contributed by atoms with Gasteiger partial charge in [-0.2, -0.15) is 0 Å². The molecule has 1 aliphatic rings. The van der Waals surface area contributed by atoms with Gasteiger partial charge in [0.05, 0.1) is 0 Å². The van der Waals surface area contributed by atoms with Crippen molar-refractivity contribution in [1.29, 1.82) is 0 Å². The van der Waals surface area contributed by atoms with Gasteiger partial charge in [-0.3, -0.25) is 4.40 Å². The molecular formula is C14H19N3O. The van der Waals surface area contributed by atoms with Crippen LogP contribution in [0.1, 0.15) is 25.7 Å². The Bertz CT molecular complexity index is 522. The third-order valence-corrected chi connectivity index (χ3v) is 3.77. The van der Waals surface area contributed by atoms with E-state index in [2.05, 4.69) is 26.4 Å². The molecule has 0 aliphatic carbocycles. The minimum absolute atomic E-state index is 0.291. The Balaban J connectivity index is 1.90. The Kier molecular flexibility index (Phi) is 3.19. The fourth-order valence-corrected chi connectivity index (χ4v) is 2.93. The maximum absolute atomic E-state index is 8.99. The molecule has 4 heteroatoms. The number of rotatable bonds is 4. The van der Waals surface area contributed by atoms with Crippen LogP contribution in [-0.2, 0) is 0 Å². The van der Waals surface area contributed by atoms with Crippen LogP contribution in [0.25, 0.3) is 5.65 Å². The predicted octanol–water partition coefficient (Wildman–Crippen LogP) is 2.08. The molecular weight excluding hydrogens is 226 g/mol. The molecule has 0 bridgehead atoms. The zero-order valence-electron chi connectivity index (χ0n) is 10.5. The van der Waals surface area contributed by atoms with E-state index in [9.17, 15) is 0 Å². The summed E-state index contributed by atoms with van der Waals surface area (Å²) in [4.78, 5) is 6.80. The van der Waals surface area contributed by atoms with Gasteiger partial charge in [-0.05, 0) is 37.8 Å². The predicted molar refractivity (Wildman–Crippen MR) is 71.9 cm³/mol. The summed E-state index contributed by atoms with van der Waals surface area (Å²) in [5, 5.41) is 8.99. The number of imidazole rings is 1. The number of nitrogens with zero attached hydrogens (tertiary/aromatic N) is 3. The van der Waals surface area contributed by atoms with Gasteiger partial charge in [-0.1, -0.05) is 6.07 Å². The van der Waals surface area contributed by atoms with Gasteiger partial charge in [0, 0.05) is 31.6 Å². The van der Waals surface area contributed by atoms with Crippen molar-refractivity contribution in [3.63, 3.8) is 0 Å². The molecule has 1 saturated heterocycles. The summed E-state index contributed by atoms with van der Waals surface area (Å²) in [6.45, 7) is 1.40. The van der Waals surface area contributed by atoms with Gasteiger partial charge in [0.25, 0.3) is 0 Å². The normalized spacial score (nSPS) is 19.8. The topological polar surface area (TPSA) is 40.8 Å². The molecule has 2 aromatic rings. The molecule has 0 saturated carbocycles. The fourth-order valence-electron chi connectivity index (χ4n) is 2.93. The van der Waals surface area contributed by atoms with Crippen molar-refractivity contribution in [2.24, 2.45) is 0 Å². The van der Waals surface area contributed by atoms with Gasteiger partial charge < -0.3 is 10.0 Å². The number of fused-ring (bicyclic) bond motifs is 1. The van der Waals surface area contributed by atoms with Crippen molar-refractivity contribution in [2.45, 2.75) is 31.7 Å². The quantitative estimate of drug-likeness (QED) is 0.896. The smallest absolute Gasteiger partial charge is 0.138 e. The van der Waals surface area contributed by atoms with Gasteiger partial charge in [-0.15, -0.1) is 0 Å². The third-order valence-electron chi connectivity index (χ3n) is 3.77. The van der Waals surface area contributed by atoms with Crippen LogP contribution in [0.2, 0.25) is 0 Å². The van der Waals surface area contributed by atoms with Crippen molar-refractivity contribution in [3.8, 4) is 0 Å². The van der Waals surface area contributed by atoms with Crippen LogP contribution in [0.5, 0.6) is 0 Å². The average molecular weight is 245 g/mol. The van der Waals surface area contributed by atoms with Crippen molar-refractivity contribution < 1.29 is 5.11 Å². The highest BCUT2D eigenvalue weighted by Crippen LogP contribution is 2.28. The molecule has 0 aromatic carbocycles. The van der Waals surface area contributed by atoms with E-state index in [0.717, 1.165) is 25.0 Å². The molecule has 1 aliphatic heterocycles. The number of aliphatic hydroxyl groups excluding tert-OH is 1. The lowest BCUT2D eigenvalue weighted by Crippen LogP contribution is -2.30. The molecule has 1 unspecified atom stereocenters. The Morgan fingerprint density at radius 1 is 1.39 bits per heavy atom. The highest BCUT2D eigenvalue weighted by atomic mass is 16.2. The van der Waals surface area contributed by atoms with Crippen LogP contribution in [0.15, 0.2) is 30.6 Å². The largest absolute Gasteiger partial charge is 0.396 e. The monoisotopic (exact) mass is 245 g/mol. The van der Waals surface area contributed by atoms with Gasteiger partial charge in [0.1, 0.15) is 11.5 Å². The second-order valence-electron chi connectivity index (χ2n) is 4.89. The van der Waals surface area contributed by atoms with Crippen molar-refractivity contribution in [1.82, 2.24) is 9.38 Å². The first-order valence-corrected chi connectivity index (χ1v) is 6.70. The van der Waals surface area contributed by atoms with Crippen LogP contribution in [-0.4, -0.2) is 33.7 Å². The van der Waals surface area contributed by atoms with E-state index >= 15 is 0 Å². The van der Waals surface area contributed by atoms with Crippen LogP contribution in [0, 0.1) is 0 Å². The number of anilines is 1. The molecule has 1 fully saturated rings. The molecule has 0 spiro atoms. The van der Waals surface area contributed by atoms with E-state index in [1.165, 1.54) is 18.7 Å². The van der Waals surface area contributed by atoms with Gasteiger partial charge in [0.15, 0.2) is 0 Å². The summed E-state index contributed by atoms with van der Waals surface area (Å²) in [7, 11) is 0. The molecule has 18 heavy (non-hydrogen) atoms. The van der Waals surface area contributed by atoms with Crippen LogP contribution in [0.4, 0.5) is 5.82 Å².